The second kappa shape index (κ2) is 5.73. The summed E-state index contributed by atoms with van der Waals surface area (Å²) in [4.78, 5) is 12.6. The van der Waals surface area contributed by atoms with E-state index in [0.717, 1.165) is 32.2 Å². The quantitative estimate of drug-likeness (QED) is 0.923. The van der Waals surface area contributed by atoms with Crippen LogP contribution >= 0.6 is 0 Å². The largest absolute Gasteiger partial charge is 0.365 e. The van der Waals surface area contributed by atoms with Gasteiger partial charge in [-0.3, -0.25) is 4.79 Å². The highest BCUT2D eigenvalue weighted by atomic mass is 32.2. The van der Waals surface area contributed by atoms with Crippen molar-refractivity contribution in [1.29, 1.82) is 0 Å². The van der Waals surface area contributed by atoms with Gasteiger partial charge in [0, 0.05) is 5.92 Å². The maximum absolute atomic E-state index is 12.6. The first-order chi connectivity index (χ1) is 10.5. The van der Waals surface area contributed by atoms with Crippen LogP contribution in [0, 0.1) is 0 Å². The summed E-state index contributed by atoms with van der Waals surface area (Å²) < 4.78 is 29.6. The molecule has 7 heteroatoms. The molecule has 1 aromatic heterocycles. The molecule has 2 heterocycles. The fourth-order valence-corrected chi connectivity index (χ4v) is 3.43. The predicted octanol–water partition coefficient (Wildman–Crippen LogP) is 1.38. The summed E-state index contributed by atoms with van der Waals surface area (Å²) in [6.45, 7) is 1.65. The van der Waals surface area contributed by atoms with E-state index in [1.165, 1.54) is 0 Å². The number of hydrogen-bond donors (Lipinski definition) is 1. The number of rotatable bonds is 3. The molecule has 0 atom stereocenters. The third kappa shape index (κ3) is 2.74. The summed E-state index contributed by atoms with van der Waals surface area (Å²) in [5.74, 6) is 0.523. The van der Waals surface area contributed by atoms with Crippen molar-refractivity contribution < 1.29 is 12.9 Å². The molecule has 1 N–H and O–H groups in total. The molecule has 0 spiro atoms. The molecule has 0 amide bonds. The average molecular weight is 322 g/mol. The zero-order valence-electron chi connectivity index (χ0n) is 12.3. The maximum Gasteiger partial charge on any atom is 0.306 e. The first-order valence-corrected chi connectivity index (χ1v) is 9.06. The van der Waals surface area contributed by atoms with Crippen LogP contribution in [0.4, 0.5) is 0 Å². The van der Waals surface area contributed by atoms with Crippen LogP contribution in [0.25, 0.3) is 11.1 Å². The summed E-state index contributed by atoms with van der Waals surface area (Å²) in [5.41, 5.74) is 0.437. The van der Waals surface area contributed by atoms with E-state index in [0.29, 0.717) is 21.0 Å². The Labute approximate surface area is 128 Å². The first-order valence-electron chi connectivity index (χ1n) is 7.21. The van der Waals surface area contributed by atoms with Crippen LogP contribution in [0.15, 0.2) is 39.6 Å². The number of aromatic nitrogens is 1. The van der Waals surface area contributed by atoms with Crippen LogP contribution in [-0.4, -0.2) is 31.9 Å². The molecule has 1 fully saturated rings. The van der Waals surface area contributed by atoms with Crippen LogP contribution < -0.4 is 10.9 Å². The van der Waals surface area contributed by atoms with E-state index in [1.807, 2.05) is 18.2 Å². The van der Waals surface area contributed by atoms with Gasteiger partial charge in [-0.1, -0.05) is 34.5 Å². The topological polar surface area (TPSA) is 81.3 Å². The van der Waals surface area contributed by atoms with Crippen molar-refractivity contribution in [1.82, 2.24) is 9.46 Å². The van der Waals surface area contributed by atoms with E-state index < -0.39 is 15.6 Å². The van der Waals surface area contributed by atoms with Gasteiger partial charge in [0.1, 0.15) is 0 Å². The zero-order valence-corrected chi connectivity index (χ0v) is 13.1. The van der Waals surface area contributed by atoms with Crippen molar-refractivity contribution in [2.75, 3.05) is 19.3 Å². The summed E-state index contributed by atoms with van der Waals surface area (Å²) in [6, 6.07) is 9.08. The molecular formula is C15H18N2O4S. The molecule has 1 saturated heterocycles. The normalized spacial score (nSPS) is 16.8. The second-order valence-electron chi connectivity index (χ2n) is 5.52. The van der Waals surface area contributed by atoms with E-state index in [4.69, 9.17) is 4.52 Å². The lowest BCUT2D eigenvalue weighted by Gasteiger charge is -2.21. The van der Waals surface area contributed by atoms with E-state index in [-0.39, 0.29) is 5.92 Å². The lowest BCUT2D eigenvalue weighted by molar-refractivity contribution is 0.297. The molecule has 2 aromatic rings. The fraction of sp³-hybridized carbons (Fsp3) is 0.400. The maximum atomic E-state index is 12.6. The molecule has 22 heavy (non-hydrogen) atoms. The number of nitrogens with zero attached hydrogens (tertiary/aromatic N) is 1. The van der Waals surface area contributed by atoms with E-state index >= 15 is 0 Å². The van der Waals surface area contributed by atoms with E-state index in [2.05, 4.69) is 5.32 Å². The van der Waals surface area contributed by atoms with Crippen molar-refractivity contribution in [2.24, 2.45) is 0 Å². The smallest absolute Gasteiger partial charge is 0.306 e. The standard InChI is InChI=1S/C15H18N2O4S/c1-22(19,20)17-15(18)13(11-5-3-2-4-6-11)14(21-17)12-7-9-16-10-8-12/h2-6,12,16H,7-10H2,1H3. The Morgan fingerprint density at radius 3 is 2.41 bits per heavy atom. The van der Waals surface area contributed by atoms with Gasteiger partial charge in [-0.05, 0) is 31.5 Å². The summed E-state index contributed by atoms with van der Waals surface area (Å²) >= 11 is 0. The van der Waals surface area contributed by atoms with Gasteiger partial charge in [-0.15, -0.1) is 0 Å². The molecule has 1 aromatic carbocycles. The van der Waals surface area contributed by atoms with Crippen LogP contribution in [0.1, 0.15) is 24.5 Å². The SMILES string of the molecule is CS(=O)(=O)n1oc(C2CCNCC2)c(-c2ccccc2)c1=O. The van der Waals surface area contributed by atoms with Gasteiger partial charge in [-0.25, -0.2) is 8.42 Å². The summed E-state index contributed by atoms with van der Waals surface area (Å²) in [5, 5.41) is 3.25. The molecule has 3 rings (SSSR count). The predicted molar refractivity (Wildman–Crippen MR) is 83.5 cm³/mol. The minimum Gasteiger partial charge on any atom is -0.365 e. The number of benzene rings is 1. The molecule has 0 bridgehead atoms. The van der Waals surface area contributed by atoms with Gasteiger partial charge in [0.25, 0.3) is 10.0 Å². The second-order valence-corrected chi connectivity index (χ2v) is 7.31. The third-order valence-electron chi connectivity index (χ3n) is 3.88. The Kier molecular flexibility index (Phi) is 3.92. The van der Waals surface area contributed by atoms with Gasteiger partial charge < -0.3 is 9.84 Å². The fourth-order valence-electron chi connectivity index (χ4n) is 2.82. The highest BCUT2D eigenvalue weighted by molar-refractivity contribution is 7.89. The molecule has 0 saturated carbocycles. The molecule has 1 aliphatic heterocycles. The highest BCUT2D eigenvalue weighted by Gasteiger charge is 2.29. The third-order valence-corrected chi connectivity index (χ3v) is 4.72. The van der Waals surface area contributed by atoms with Gasteiger partial charge in [0.15, 0.2) is 5.76 Å². The molecule has 1 aliphatic rings. The molecule has 0 aliphatic carbocycles. The van der Waals surface area contributed by atoms with E-state index in [9.17, 15) is 13.2 Å². The summed E-state index contributed by atoms with van der Waals surface area (Å²) in [6.07, 6.45) is 2.60. The first kappa shape index (κ1) is 15.1. The highest BCUT2D eigenvalue weighted by Crippen LogP contribution is 2.32. The number of piperidine rings is 1. The molecule has 6 nitrogen and oxygen atoms in total. The Hall–Kier alpha value is -1.86. The van der Waals surface area contributed by atoms with Crippen LogP contribution in [0.3, 0.4) is 0 Å². The molecule has 0 unspecified atom stereocenters. The van der Waals surface area contributed by atoms with Crippen molar-refractivity contribution in [2.45, 2.75) is 18.8 Å². The van der Waals surface area contributed by atoms with Crippen LogP contribution in [0.2, 0.25) is 0 Å². The van der Waals surface area contributed by atoms with Gasteiger partial charge in [0.2, 0.25) is 0 Å². The minimum absolute atomic E-state index is 0.0483. The Balaban J connectivity index is 2.21. The average Bonchev–Trinajstić information content (AvgIpc) is 2.86. The summed E-state index contributed by atoms with van der Waals surface area (Å²) in [7, 11) is -3.76. The molecular weight excluding hydrogens is 304 g/mol. The lowest BCUT2D eigenvalue weighted by Crippen LogP contribution is -2.26. The van der Waals surface area contributed by atoms with Crippen molar-refractivity contribution in [3.63, 3.8) is 0 Å². The van der Waals surface area contributed by atoms with E-state index in [1.54, 1.807) is 12.1 Å². The number of hydrogen-bond acceptors (Lipinski definition) is 5. The van der Waals surface area contributed by atoms with Crippen molar-refractivity contribution in [3.8, 4) is 11.1 Å². The Bertz CT molecular complexity index is 815. The molecule has 0 radical (unpaired) electrons. The van der Waals surface area contributed by atoms with Gasteiger partial charge in [0.05, 0.1) is 11.8 Å². The number of nitrogens with one attached hydrogen (secondary N) is 1. The minimum atomic E-state index is -3.76. The Morgan fingerprint density at radius 2 is 1.82 bits per heavy atom. The van der Waals surface area contributed by atoms with Crippen LogP contribution in [0.5, 0.6) is 0 Å². The monoisotopic (exact) mass is 322 g/mol. The molecule has 118 valence electrons. The lowest BCUT2D eigenvalue weighted by atomic mass is 9.91. The van der Waals surface area contributed by atoms with Crippen molar-refractivity contribution in [3.05, 3.63) is 46.4 Å². The van der Waals surface area contributed by atoms with Gasteiger partial charge >= 0.3 is 5.56 Å². The van der Waals surface area contributed by atoms with Crippen LogP contribution in [-0.2, 0) is 10.0 Å². The van der Waals surface area contributed by atoms with Gasteiger partial charge in [-0.2, -0.15) is 0 Å². The Morgan fingerprint density at radius 1 is 1.18 bits per heavy atom. The van der Waals surface area contributed by atoms with Crippen molar-refractivity contribution >= 4 is 10.0 Å². The zero-order chi connectivity index (χ0) is 15.7.